The number of carbonyl (C=O) groups excluding carboxylic acids is 1. The summed E-state index contributed by atoms with van der Waals surface area (Å²) in [6.07, 6.45) is 1.19. The Morgan fingerprint density at radius 1 is 1.17 bits per heavy atom. The molecule has 126 valence electrons. The van der Waals surface area contributed by atoms with E-state index in [1.165, 1.54) is 20.3 Å². The SMILES string of the molecule is COc1ccc(C2COc3c(ccc(O)c3C=O)C2)c(OC)c1O. The number of rotatable bonds is 4. The topological polar surface area (TPSA) is 85.2 Å². The summed E-state index contributed by atoms with van der Waals surface area (Å²) in [5.74, 6) is 0.886. The van der Waals surface area contributed by atoms with Crippen LogP contribution in [0.3, 0.4) is 0 Å². The summed E-state index contributed by atoms with van der Waals surface area (Å²) in [7, 11) is 2.96. The molecule has 0 bridgehead atoms. The summed E-state index contributed by atoms with van der Waals surface area (Å²) >= 11 is 0. The second-order valence-electron chi connectivity index (χ2n) is 5.56. The van der Waals surface area contributed by atoms with Crippen molar-refractivity contribution < 1.29 is 29.2 Å². The Morgan fingerprint density at radius 3 is 2.62 bits per heavy atom. The third kappa shape index (κ3) is 2.50. The van der Waals surface area contributed by atoms with E-state index in [4.69, 9.17) is 14.2 Å². The summed E-state index contributed by atoms with van der Waals surface area (Å²) in [4.78, 5) is 11.2. The van der Waals surface area contributed by atoms with Crippen molar-refractivity contribution in [2.24, 2.45) is 0 Å². The highest BCUT2D eigenvalue weighted by atomic mass is 16.5. The van der Waals surface area contributed by atoms with Gasteiger partial charge in [-0.1, -0.05) is 12.1 Å². The Kier molecular flexibility index (Phi) is 4.20. The molecular formula is C18H18O6. The number of carbonyl (C=O) groups is 1. The minimum Gasteiger partial charge on any atom is -0.507 e. The number of methoxy groups -OCH3 is 2. The largest absolute Gasteiger partial charge is 0.507 e. The number of benzene rings is 2. The van der Waals surface area contributed by atoms with E-state index in [0.29, 0.717) is 36.6 Å². The van der Waals surface area contributed by atoms with Gasteiger partial charge in [-0.15, -0.1) is 0 Å². The lowest BCUT2D eigenvalue weighted by atomic mass is 9.88. The molecule has 1 aliphatic rings. The third-order valence-corrected chi connectivity index (χ3v) is 4.26. The van der Waals surface area contributed by atoms with Crippen molar-refractivity contribution in [3.05, 3.63) is 41.0 Å². The fourth-order valence-corrected chi connectivity index (χ4v) is 3.06. The van der Waals surface area contributed by atoms with Gasteiger partial charge in [0.15, 0.2) is 17.8 Å². The molecule has 2 aromatic carbocycles. The van der Waals surface area contributed by atoms with E-state index in [2.05, 4.69) is 0 Å². The molecule has 0 spiro atoms. The number of phenolic OH excluding ortho intramolecular Hbond substituents is 2. The highest BCUT2D eigenvalue weighted by molar-refractivity contribution is 5.84. The molecule has 0 radical (unpaired) electrons. The van der Waals surface area contributed by atoms with Crippen LogP contribution >= 0.6 is 0 Å². The van der Waals surface area contributed by atoms with E-state index in [-0.39, 0.29) is 23.0 Å². The molecule has 0 saturated carbocycles. The van der Waals surface area contributed by atoms with E-state index in [1.807, 2.05) is 6.07 Å². The lowest BCUT2D eigenvalue weighted by Gasteiger charge is -2.28. The molecule has 1 unspecified atom stereocenters. The molecule has 24 heavy (non-hydrogen) atoms. The zero-order chi connectivity index (χ0) is 17.3. The fraction of sp³-hybridized carbons (Fsp3) is 0.278. The normalized spacial score (nSPS) is 16.0. The van der Waals surface area contributed by atoms with Crippen LogP contribution in [0.1, 0.15) is 27.4 Å². The van der Waals surface area contributed by atoms with Crippen LogP contribution in [0.5, 0.6) is 28.7 Å². The molecule has 1 aliphatic heterocycles. The maximum absolute atomic E-state index is 11.2. The molecule has 3 rings (SSSR count). The quantitative estimate of drug-likeness (QED) is 0.838. The predicted octanol–water partition coefficient (Wildman–Crippen LogP) is 2.65. The molecular weight excluding hydrogens is 312 g/mol. The van der Waals surface area contributed by atoms with Gasteiger partial charge >= 0.3 is 0 Å². The summed E-state index contributed by atoms with van der Waals surface area (Å²) < 4.78 is 16.2. The van der Waals surface area contributed by atoms with E-state index >= 15 is 0 Å². The van der Waals surface area contributed by atoms with Crippen molar-refractivity contribution in [1.29, 1.82) is 0 Å². The number of fused-ring (bicyclic) bond motifs is 1. The summed E-state index contributed by atoms with van der Waals surface area (Å²) in [5.41, 5.74) is 1.78. The third-order valence-electron chi connectivity index (χ3n) is 4.26. The first-order chi connectivity index (χ1) is 11.6. The zero-order valence-electron chi connectivity index (χ0n) is 13.4. The number of hydrogen-bond acceptors (Lipinski definition) is 6. The van der Waals surface area contributed by atoms with Gasteiger partial charge in [-0.2, -0.15) is 0 Å². The van der Waals surface area contributed by atoms with Gasteiger partial charge in [0.2, 0.25) is 5.75 Å². The average Bonchev–Trinajstić information content (AvgIpc) is 2.61. The molecule has 0 aromatic heterocycles. The Labute approximate surface area is 139 Å². The van der Waals surface area contributed by atoms with Crippen LogP contribution in [0.25, 0.3) is 0 Å². The maximum atomic E-state index is 11.2. The van der Waals surface area contributed by atoms with Gasteiger partial charge in [-0.3, -0.25) is 4.79 Å². The molecule has 0 aliphatic carbocycles. The van der Waals surface area contributed by atoms with E-state index in [0.717, 1.165) is 11.1 Å². The lowest BCUT2D eigenvalue weighted by molar-refractivity contribution is 0.111. The van der Waals surface area contributed by atoms with Crippen molar-refractivity contribution in [3.8, 4) is 28.7 Å². The molecule has 1 heterocycles. The van der Waals surface area contributed by atoms with Gasteiger partial charge in [0.25, 0.3) is 0 Å². The summed E-state index contributed by atoms with van der Waals surface area (Å²) in [6.45, 7) is 0.305. The minimum atomic E-state index is -0.0955. The maximum Gasteiger partial charge on any atom is 0.201 e. The van der Waals surface area contributed by atoms with Gasteiger partial charge in [0.1, 0.15) is 11.5 Å². The number of hydrogen-bond donors (Lipinski definition) is 2. The Hall–Kier alpha value is -2.89. The van der Waals surface area contributed by atoms with E-state index < -0.39 is 0 Å². The minimum absolute atomic E-state index is 0.0532. The first-order valence-electron chi connectivity index (χ1n) is 7.47. The highest BCUT2D eigenvalue weighted by Gasteiger charge is 2.28. The summed E-state index contributed by atoms with van der Waals surface area (Å²) in [5, 5.41) is 20.0. The number of ether oxygens (including phenoxy) is 3. The van der Waals surface area contributed by atoms with Crippen molar-refractivity contribution >= 4 is 6.29 Å². The molecule has 2 N–H and O–H groups in total. The molecule has 0 amide bonds. The average molecular weight is 330 g/mol. The fourth-order valence-electron chi connectivity index (χ4n) is 3.06. The monoisotopic (exact) mass is 330 g/mol. The Morgan fingerprint density at radius 2 is 1.96 bits per heavy atom. The Balaban J connectivity index is 2.00. The Bertz CT molecular complexity index is 784. The zero-order valence-corrected chi connectivity index (χ0v) is 13.4. The van der Waals surface area contributed by atoms with E-state index in [1.54, 1.807) is 12.1 Å². The van der Waals surface area contributed by atoms with Gasteiger partial charge in [0, 0.05) is 11.5 Å². The van der Waals surface area contributed by atoms with Gasteiger partial charge < -0.3 is 24.4 Å². The molecule has 6 nitrogen and oxygen atoms in total. The predicted molar refractivity (Wildman–Crippen MR) is 86.6 cm³/mol. The van der Waals surface area contributed by atoms with Crippen LogP contribution in [0.15, 0.2) is 24.3 Å². The summed E-state index contributed by atoms with van der Waals surface area (Å²) in [6, 6.07) is 6.73. The second-order valence-corrected chi connectivity index (χ2v) is 5.56. The second kappa shape index (κ2) is 6.31. The number of aromatic hydroxyl groups is 2. The van der Waals surface area contributed by atoms with Gasteiger partial charge in [0.05, 0.1) is 26.4 Å². The number of aldehydes is 1. The van der Waals surface area contributed by atoms with Crippen LogP contribution < -0.4 is 14.2 Å². The van der Waals surface area contributed by atoms with Crippen LogP contribution in [0.2, 0.25) is 0 Å². The standard InChI is InChI=1S/C18H18O6/c1-22-15-6-4-12(18(23-2)16(15)21)11-7-10-3-5-14(20)13(8-19)17(10)24-9-11/h3-6,8,11,20-21H,7,9H2,1-2H3. The molecule has 0 saturated heterocycles. The van der Waals surface area contributed by atoms with Crippen LogP contribution in [0.4, 0.5) is 0 Å². The first kappa shape index (κ1) is 16.0. The molecule has 6 heteroatoms. The van der Waals surface area contributed by atoms with Crippen LogP contribution in [-0.4, -0.2) is 37.3 Å². The lowest BCUT2D eigenvalue weighted by Crippen LogP contribution is -2.21. The highest BCUT2D eigenvalue weighted by Crippen LogP contribution is 2.45. The first-order valence-corrected chi connectivity index (χ1v) is 7.47. The van der Waals surface area contributed by atoms with Crippen molar-refractivity contribution in [2.75, 3.05) is 20.8 Å². The van der Waals surface area contributed by atoms with E-state index in [9.17, 15) is 15.0 Å². The smallest absolute Gasteiger partial charge is 0.201 e. The van der Waals surface area contributed by atoms with Crippen LogP contribution in [0, 0.1) is 0 Å². The van der Waals surface area contributed by atoms with Crippen molar-refractivity contribution in [1.82, 2.24) is 0 Å². The van der Waals surface area contributed by atoms with Gasteiger partial charge in [-0.05, 0) is 24.1 Å². The van der Waals surface area contributed by atoms with Crippen molar-refractivity contribution in [3.63, 3.8) is 0 Å². The van der Waals surface area contributed by atoms with Gasteiger partial charge in [-0.25, -0.2) is 0 Å². The molecule has 1 atom stereocenters. The number of phenols is 2. The molecule has 0 fully saturated rings. The molecule has 2 aromatic rings. The van der Waals surface area contributed by atoms with Crippen molar-refractivity contribution in [2.45, 2.75) is 12.3 Å². The van der Waals surface area contributed by atoms with Crippen LogP contribution in [-0.2, 0) is 6.42 Å².